The molecule has 1 aromatic heterocycles. The van der Waals surface area contributed by atoms with Crippen molar-refractivity contribution in [3.05, 3.63) is 47.3 Å². The van der Waals surface area contributed by atoms with Crippen LogP contribution in [-0.4, -0.2) is 29.1 Å². The first kappa shape index (κ1) is 19.6. The van der Waals surface area contributed by atoms with Crippen molar-refractivity contribution in [2.75, 3.05) is 12.4 Å². The summed E-state index contributed by atoms with van der Waals surface area (Å²) in [5.74, 6) is -1.21. The number of Topliss-reactive ketones (excluding diaryl/α,β-unsaturated/α-hetero) is 1. The molecular weight excluding hydrogens is 355 g/mol. The second kappa shape index (κ2) is 9.11. The number of carbonyl (C=O) groups excluding carboxylic acids is 2. The van der Waals surface area contributed by atoms with Crippen molar-refractivity contribution < 1.29 is 18.7 Å². The van der Waals surface area contributed by atoms with Crippen LogP contribution in [0.2, 0.25) is 0 Å². The van der Waals surface area contributed by atoms with Gasteiger partial charge in [0, 0.05) is 5.56 Å². The minimum absolute atomic E-state index is 0.00636. The molecule has 0 atom stereocenters. The van der Waals surface area contributed by atoms with Crippen LogP contribution in [0.4, 0.5) is 4.39 Å². The van der Waals surface area contributed by atoms with Crippen molar-refractivity contribution in [2.45, 2.75) is 25.3 Å². The molecule has 134 valence electrons. The molecule has 0 fully saturated rings. The minimum atomic E-state index is -0.567. The fourth-order valence-corrected chi connectivity index (χ4v) is 3.08. The number of thioether (sulfide) groups is 1. The van der Waals surface area contributed by atoms with Gasteiger partial charge in [0.25, 0.3) is 0 Å². The summed E-state index contributed by atoms with van der Waals surface area (Å²) < 4.78 is 17.9. The van der Waals surface area contributed by atoms with E-state index in [0.29, 0.717) is 21.8 Å². The van der Waals surface area contributed by atoms with Crippen molar-refractivity contribution in [3.8, 4) is 17.3 Å². The van der Waals surface area contributed by atoms with Gasteiger partial charge in [-0.15, -0.1) is 0 Å². The van der Waals surface area contributed by atoms with E-state index in [1.807, 2.05) is 6.92 Å². The maximum Gasteiger partial charge on any atom is 0.313 e. The van der Waals surface area contributed by atoms with Crippen LogP contribution >= 0.6 is 11.8 Å². The Morgan fingerprint density at radius 3 is 2.62 bits per heavy atom. The van der Waals surface area contributed by atoms with Gasteiger partial charge in [-0.25, -0.2) is 9.37 Å². The van der Waals surface area contributed by atoms with Crippen molar-refractivity contribution in [1.29, 1.82) is 5.26 Å². The summed E-state index contributed by atoms with van der Waals surface area (Å²) in [6, 6.07) is 9.64. The molecule has 0 saturated carbocycles. The standard InChI is InChI=1S/C19H17FN2O3S/c1-3-25-17(24)9-16(23)11-26-19-14(10-21)8-12(2)18(22-19)13-4-6-15(20)7-5-13/h4-8H,3,9,11H2,1-2H3. The van der Waals surface area contributed by atoms with E-state index in [9.17, 15) is 19.2 Å². The normalized spacial score (nSPS) is 10.2. The molecule has 0 bridgehead atoms. The minimum Gasteiger partial charge on any atom is -0.466 e. The number of hydrogen-bond donors (Lipinski definition) is 0. The van der Waals surface area contributed by atoms with E-state index in [2.05, 4.69) is 11.1 Å². The molecule has 2 aromatic rings. The molecule has 2 rings (SSSR count). The Morgan fingerprint density at radius 1 is 1.31 bits per heavy atom. The van der Waals surface area contributed by atoms with E-state index in [-0.39, 0.29) is 30.4 Å². The zero-order chi connectivity index (χ0) is 19.1. The van der Waals surface area contributed by atoms with Crippen LogP contribution in [-0.2, 0) is 14.3 Å². The Morgan fingerprint density at radius 2 is 2.00 bits per heavy atom. The first-order chi connectivity index (χ1) is 12.4. The maximum atomic E-state index is 13.1. The average molecular weight is 372 g/mol. The van der Waals surface area contributed by atoms with Crippen LogP contribution in [0.1, 0.15) is 24.5 Å². The largest absolute Gasteiger partial charge is 0.466 e. The summed E-state index contributed by atoms with van der Waals surface area (Å²) in [5.41, 5.74) is 2.45. The fraction of sp³-hybridized carbons (Fsp3) is 0.263. The summed E-state index contributed by atoms with van der Waals surface area (Å²) in [4.78, 5) is 27.7. The number of aryl methyl sites for hydroxylation is 1. The smallest absolute Gasteiger partial charge is 0.313 e. The molecule has 0 spiro atoms. The molecule has 26 heavy (non-hydrogen) atoms. The van der Waals surface area contributed by atoms with Gasteiger partial charge < -0.3 is 4.74 Å². The molecule has 1 heterocycles. The lowest BCUT2D eigenvalue weighted by atomic mass is 10.1. The topological polar surface area (TPSA) is 80.1 Å². The second-order valence-corrected chi connectivity index (χ2v) is 6.40. The Balaban J connectivity index is 2.21. The first-order valence-corrected chi connectivity index (χ1v) is 8.91. The molecule has 7 heteroatoms. The van der Waals surface area contributed by atoms with E-state index >= 15 is 0 Å². The number of nitrogens with zero attached hydrogens (tertiary/aromatic N) is 2. The van der Waals surface area contributed by atoms with Crippen LogP contribution < -0.4 is 0 Å². The van der Waals surface area contributed by atoms with Gasteiger partial charge in [-0.05, 0) is 49.7 Å². The van der Waals surface area contributed by atoms with Gasteiger partial charge in [-0.2, -0.15) is 5.26 Å². The highest BCUT2D eigenvalue weighted by atomic mass is 32.2. The highest BCUT2D eigenvalue weighted by Crippen LogP contribution is 2.28. The molecule has 0 unspecified atom stereocenters. The molecule has 5 nitrogen and oxygen atoms in total. The van der Waals surface area contributed by atoms with Crippen molar-refractivity contribution in [3.63, 3.8) is 0 Å². The molecule has 0 radical (unpaired) electrons. The predicted octanol–water partition coefficient (Wildman–Crippen LogP) is 3.68. The number of benzene rings is 1. The van der Waals surface area contributed by atoms with Crippen LogP contribution in [0, 0.1) is 24.1 Å². The monoisotopic (exact) mass is 372 g/mol. The number of ether oxygens (including phenoxy) is 1. The number of ketones is 1. The zero-order valence-electron chi connectivity index (χ0n) is 14.4. The van der Waals surface area contributed by atoms with Gasteiger partial charge in [0.1, 0.15) is 23.3 Å². The van der Waals surface area contributed by atoms with Gasteiger partial charge in [0.05, 0.1) is 23.6 Å². The Labute approximate surface area is 155 Å². The lowest BCUT2D eigenvalue weighted by molar-refractivity contribution is -0.145. The second-order valence-electron chi connectivity index (χ2n) is 5.43. The summed E-state index contributed by atoms with van der Waals surface area (Å²) in [7, 11) is 0. The molecule has 0 aliphatic rings. The number of pyridine rings is 1. The number of esters is 1. The SMILES string of the molecule is CCOC(=O)CC(=O)CSc1nc(-c2ccc(F)cc2)c(C)cc1C#N. The van der Waals surface area contributed by atoms with Gasteiger partial charge in [0.2, 0.25) is 0 Å². The molecule has 0 aliphatic heterocycles. The third-order valence-electron chi connectivity index (χ3n) is 3.43. The average Bonchev–Trinajstić information content (AvgIpc) is 2.61. The fourth-order valence-electron chi connectivity index (χ4n) is 2.26. The molecule has 0 aliphatic carbocycles. The Hall–Kier alpha value is -2.72. The van der Waals surface area contributed by atoms with Gasteiger partial charge >= 0.3 is 5.97 Å². The zero-order valence-corrected chi connectivity index (χ0v) is 15.2. The van der Waals surface area contributed by atoms with E-state index < -0.39 is 5.97 Å². The molecule has 1 aromatic carbocycles. The summed E-state index contributed by atoms with van der Waals surface area (Å²) in [6.07, 6.45) is -0.306. The van der Waals surface area contributed by atoms with Crippen LogP contribution in [0.3, 0.4) is 0 Å². The maximum absolute atomic E-state index is 13.1. The third kappa shape index (κ3) is 5.14. The van der Waals surface area contributed by atoms with Crippen molar-refractivity contribution >= 4 is 23.5 Å². The van der Waals surface area contributed by atoms with E-state index in [4.69, 9.17) is 4.74 Å². The number of halogens is 1. The molecular formula is C19H17FN2O3S. The van der Waals surface area contributed by atoms with Crippen molar-refractivity contribution in [1.82, 2.24) is 4.98 Å². The summed E-state index contributed by atoms with van der Waals surface area (Å²) >= 11 is 1.10. The molecule has 0 amide bonds. The quantitative estimate of drug-likeness (QED) is 0.419. The van der Waals surface area contributed by atoms with Crippen LogP contribution in [0.25, 0.3) is 11.3 Å². The Kier molecular flexibility index (Phi) is 6.87. The van der Waals surface area contributed by atoms with Gasteiger partial charge in [-0.3, -0.25) is 9.59 Å². The number of aromatic nitrogens is 1. The predicted molar refractivity (Wildman–Crippen MR) is 96.1 cm³/mol. The number of hydrogen-bond acceptors (Lipinski definition) is 6. The first-order valence-electron chi connectivity index (χ1n) is 7.92. The third-order valence-corrected chi connectivity index (χ3v) is 4.48. The molecule has 0 saturated heterocycles. The van der Waals surface area contributed by atoms with E-state index in [1.54, 1.807) is 25.1 Å². The van der Waals surface area contributed by atoms with Crippen LogP contribution in [0.15, 0.2) is 35.4 Å². The molecule has 0 N–H and O–H groups in total. The highest BCUT2D eigenvalue weighted by Gasteiger charge is 2.15. The van der Waals surface area contributed by atoms with Crippen LogP contribution in [0.5, 0.6) is 0 Å². The number of nitriles is 1. The van der Waals surface area contributed by atoms with E-state index in [0.717, 1.165) is 17.3 Å². The summed E-state index contributed by atoms with van der Waals surface area (Å²) in [5, 5.41) is 9.71. The summed E-state index contributed by atoms with van der Waals surface area (Å²) in [6.45, 7) is 3.70. The number of rotatable bonds is 7. The van der Waals surface area contributed by atoms with E-state index in [1.165, 1.54) is 12.1 Å². The lowest BCUT2D eigenvalue weighted by Crippen LogP contribution is -2.13. The van der Waals surface area contributed by atoms with Crippen molar-refractivity contribution in [2.24, 2.45) is 0 Å². The highest BCUT2D eigenvalue weighted by molar-refractivity contribution is 8.00. The lowest BCUT2D eigenvalue weighted by Gasteiger charge is -2.10. The van der Waals surface area contributed by atoms with Gasteiger partial charge in [0.15, 0.2) is 5.78 Å². The van der Waals surface area contributed by atoms with Gasteiger partial charge in [-0.1, -0.05) is 11.8 Å². The number of carbonyl (C=O) groups is 2. The Bertz CT molecular complexity index is 860.